The van der Waals surface area contributed by atoms with Gasteiger partial charge in [0, 0.05) is 24.3 Å². The van der Waals surface area contributed by atoms with E-state index in [0.29, 0.717) is 6.04 Å². The monoisotopic (exact) mass is 270 g/mol. The van der Waals surface area contributed by atoms with E-state index in [0.717, 1.165) is 28.9 Å². The Morgan fingerprint density at radius 1 is 1.25 bits per heavy atom. The Balaban J connectivity index is 1.77. The minimum absolute atomic E-state index is 0.594. The van der Waals surface area contributed by atoms with Crippen molar-refractivity contribution in [3.63, 3.8) is 0 Å². The van der Waals surface area contributed by atoms with Crippen LogP contribution in [0.1, 0.15) is 26.7 Å². The fourth-order valence-corrected chi connectivity index (χ4v) is 2.87. The van der Waals surface area contributed by atoms with E-state index in [1.165, 1.54) is 12.8 Å². The van der Waals surface area contributed by atoms with Crippen LogP contribution in [-0.4, -0.2) is 20.8 Å². The first kappa shape index (κ1) is 13.2. The quantitative estimate of drug-likeness (QED) is 0.926. The second-order valence-electron chi connectivity index (χ2n) is 6.13. The summed E-state index contributed by atoms with van der Waals surface area (Å²) in [6.45, 7) is 4.63. The first-order valence-electron chi connectivity index (χ1n) is 7.35. The Hall–Kier alpha value is -1.84. The molecule has 4 heteroatoms. The van der Waals surface area contributed by atoms with Crippen molar-refractivity contribution >= 4 is 5.69 Å². The van der Waals surface area contributed by atoms with Crippen LogP contribution in [-0.2, 0) is 7.05 Å². The molecular formula is C16H22N4. The van der Waals surface area contributed by atoms with Gasteiger partial charge in [-0.1, -0.05) is 26.0 Å². The highest BCUT2D eigenvalue weighted by Gasteiger charge is 2.31. The topological polar surface area (TPSA) is 42.7 Å². The van der Waals surface area contributed by atoms with Gasteiger partial charge in [0.1, 0.15) is 6.33 Å². The van der Waals surface area contributed by atoms with E-state index in [4.69, 9.17) is 0 Å². The first-order chi connectivity index (χ1) is 9.65. The Morgan fingerprint density at radius 3 is 2.65 bits per heavy atom. The lowest BCUT2D eigenvalue weighted by Gasteiger charge is -2.39. The van der Waals surface area contributed by atoms with Crippen molar-refractivity contribution in [3.05, 3.63) is 30.6 Å². The van der Waals surface area contributed by atoms with Gasteiger partial charge in [0.05, 0.1) is 0 Å². The molecule has 0 atom stereocenters. The minimum Gasteiger partial charge on any atom is -0.382 e. The molecule has 4 nitrogen and oxygen atoms in total. The van der Waals surface area contributed by atoms with Crippen molar-refractivity contribution in [2.24, 2.45) is 18.9 Å². The molecule has 0 saturated heterocycles. The standard InChI is InChI=1S/C16H22N4/c1-11(2)12-8-13(9-12)18-15-7-5-4-6-14(15)16-19-17-10-20(16)3/h4-7,10-13,18H,8-9H2,1-3H3. The van der Waals surface area contributed by atoms with E-state index >= 15 is 0 Å². The van der Waals surface area contributed by atoms with Crippen LogP contribution in [0.2, 0.25) is 0 Å². The summed E-state index contributed by atoms with van der Waals surface area (Å²) in [5, 5.41) is 11.9. The Bertz CT molecular complexity index is 582. The fourth-order valence-electron chi connectivity index (χ4n) is 2.87. The maximum atomic E-state index is 4.21. The van der Waals surface area contributed by atoms with Crippen LogP contribution in [0, 0.1) is 11.8 Å². The maximum absolute atomic E-state index is 4.21. The van der Waals surface area contributed by atoms with E-state index in [2.05, 4.69) is 47.6 Å². The molecule has 0 radical (unpaired) electrons. The van der Waals surface area contributed by atoms with Crippen LogP contribution < -0.4 is 5.32 Å². The minimum atomic E-state index is 0.594. The maximum Gasteiger partial charge on any atom is 0.165 e. The smallest absolute Gasteiger partial charge is 0.165 e. The average Bonchev–Trinajstić information content (AvgIpc) is 2.79. The van der Waals surface area contributed by atoms with Gasteiger partial charge in [0.25, 0.3) is 0 Å². The second-order valence-corrected chi connectivity index (χ2v) is 6.13. The summed E-state index contributed by atoms with van der Waals surface area (Å²) in [5.74, 6) is 2.57. The summed E-state index contributed by atoms with van der Waals surface area (Å²) in [5.41, 5.74) is 2.29. The molecule has 0 unspecified atom stereocenters. The molecule has 2 aromatic rings. The number of anilines is 1. The van der Waals surface area contributed by atoms with E-state index in [1.54, 1.807) is 6.33 Å². The molecule has 1 saturated carbocycles. The molecule has 1 aliphatic rings. The number of aromatic nitrogens is 3. The molecule has 0 spiro atoms. The zero-order chi connectivity index (χ0) is 14.1. The van der Waals surface area contributed by atoms with E-state index in [1.807, 2.05) is 17.7 Å². The van der Waals surface area contributed by atoms with Gasteiger partial charge in [-0.25, -0.2) is 0 Å². The van der Waals surface area contributed by atoms with E-state index in [-0.39, 0.29) is 0 Å². The van der Waals surface area contributed by atoms with Gasteiger partial charge in [-0.15, -0.1) is 10.2 Å². The van der Waals surface area contributed by atoms with Crippen molar-refractivity contribution < 1.29 is 0 Å². The van der Waals surface area contributed by atoms with Crippen molar-refractivity contribution in [2.75, 3.05) is 5.32 Å². The Morgan fingerprint density at radius 2 is 2.00 bits per heavy atom. The lowest BCUT2D eigenvalue weighted by molar-refractivity contribution is 0.212. The number of rotatable bonds is 4. The molecule has 20 heavy (non-hydrogen) atoms. The molecule has 3 rings (SSSR count). The summed E-state index contributed by atoms with van der Waals surface area (Å²) < 4.78 is 1.96. The molecule has 1 N–H and O–H groups in total. The van der Waals surface area contributed by atoms with Gasteiger partial charge in [-0.3, -0.25) is 0 Å². The van der Waals surface area contributed by atoms with Gasteiger partial charge in [0.15, 0.2) is 5.82 Å². The van der Waals surface area contributed by atoms with Crippen LogP contribution in [0.25, 0.3) is 11.4 Å². The summed E-state index contributed by atoms with van der Waals surface area (Å²) in [7, 11) is 1.98. The molecule has 1 aromatic heterocycles. The molecule has 1 aromatic carbocycles. The summed E-state index contributed by atoms with van der Waals surface area (Å²) in [4.78, 5) is 0. The Kier molecular flexibility index (Phi) is 3.47. The third-order valence-electron chi connectivity index (χ3n) is 4.36. The first-order valence-corrected chi connectivity index (χ1v) is 7.35. The van der Waals surface area contributed by atoms with Crippen molar-refractivity contribution in [1.29, 1.82) is 0 Å². The molecule has 0 bridgehead atoms. The average molecular weight is 270 g/mol. The molecule has 1 fully saturated rings. The van der Waals surface area contributed by atoms with Gasteiger partial charge in [0.2, 0.25) is 0 Å². The number of nitrogens with one attached hydrogen (secondary N) is 1. The van der Waals surface area contributed by atoms with Gasteiger partial charge < -0.3 is 9.88 Å². The molecule has 1 heterocycles. The van der Waals surface area contributed by atoms with Gasteiger partial charge in [-0.2, -0.15) is 0 Å². The number of benzene rings is 1. The number of aryl methyl sites for hydroxylation is 1. The highest BCUT2D eigenvalue weighted by Crippen LogP contribution is 2.37. The number of hydrogen-bond donors (Lipinski definition) is 1. The predicted octanol–water partition coefficient (Wildman–Crippen LogP) is 3.33. The third-order valence-corrected chi connectivity index (χ3v) is 4.36. The third kappa shape index (κ3) is 2.42. The molecule has 106 valence electrons. The molecule has 1 aliphatic carbocycles. The fraction of sp³-hybridized carbons (Fsp3) is 0.500. The van der Waals surface area contributed by atoms with Crippen LogP contribution in [0.4, 0.5) is 5.69 Å². The lowest BCUT2D eigenvalue weighted by Crippen LogP contribution is -2.38. The molecule has 0 amide bonds. The Labute approximate surface area is 120 Å². The predicted molar refractivity (Wildman–Crippen MR) is 81.4 cm³/mol. The zero-order valence-corrected chi connectivity index (χ0v) is 12.4. The van der Waals surface area contributed by atoms with Crippen molar-refractivity contribution in [1.82, 2.24) is 14.8 Å². The molecule has 0 aliphatic heterocycles. The van der Waals surface area contributed by atoms with Crippen LogP contribution >= 0.6 is 0 Å². The van der Waals surface area contributed by atoms with Gasteiger partial charge >= 0.3 is 0 Å². The van der Waals surface area contributed by atoms with Gasteiger partial charge in [-0.05, 0) is 36.8 Å². The zero-order valence-electron chi connectivity index (χ0n) is 12.4. The molecular weight excluding hydrogens is 248 g/mol. The lowest BCUT2D eigenvalue weighted by atomic mass is 9.73. The number of hydrogen-bond acceptors (Lipinski definition) is 3. The van der Waals surface area contributed by atoms with Crippen LogP contribution in [0.15, 0.2) is 30.6 Å². The van der Waals surface area contributed by atoms with Crippen LogP contribution in [0.3, 0.4) is 0 Å². The SMILES string of the molecule is CC(C)C1CC(Nc2ccccc2-c2nncn2C)C1. The summed E-state index contributed by atoms with van der Waals surface area (Å²) >= 11 is 0. The summed E-state index contributed by atoms with van der Waals surface area (Å²) in [6.07, 6.45) is 4.28. The highest BCUT2D eigenvalue weighted by molar-refractivity contribution is 5.73. The van der Waals surface area contributed by atoms with Crippen LogP contribution in [0.5, 0.6) is 0 Å². The van der Waals surface area contributed by atoms with E-state index < -0.39 is 0 Å². The largest absolute Gasteiger partial charge is 0.382 e. The van der Waals surface area contributed by atoms with E-state index in [9.17, 15) is 0 Å². The summed E-state index contributed by atoms with van der Waals surface area (Å²) in [6, 6.07) is 8.95. The number of nitrogens with zero attached hydrogens (tertiary/aromatic N) is 3. The number of para-hydroxylation sites is 1. The van der Waals surface area contributed by atoms with Crippen molar-refractivity contribution in [3.8, 4) is 11.4 Å². The van der Waals surface area contributed by atoms with Crippen molar-refractivity contribution in [2.45, 2.75) is 32.7 Å². The highest BCUT2D eigenvalue weighted by atomic mass is 15.2. The normalized spacial score (nSPS) is 21.8. The second kappa shape index (κ2) is 5.27.